The molecule has 0 aromatic heterocycles. The van der Waals surface area contributed by atoms with Crippen molar-refractivity contribution in [3.63, 3.8) is 0 Å². The molecule has 1 aromatic carbocycles. The highest BCUT2D eigenvalue weighted by Crippen LogP contribution is 2.19. The number of rotatable bonds is 2. The minimum Gasteiger partial charge on any atom is -0.335 e. The predicted octanol–water partition coefficient (Wildman–Crippen LogP) is 2.26. The molecule has 0 spiro atoms. The molecule has 0 aliphatic heterocycles. The van der Waals surface area contributed by atoms with Gasteiger partial charge in [-0.15, -0.1) is 0 Å². The average molecular weight is 229 g/mol. The molecule has 0 heterocycles. The fourth-order valence-electron chi connectivity index (χ4n) is 1.73. The molecule has 0 bridgehead atoms. The van der Waals surface area contributed by atoms with Gasteiger partial charge in [0.25, 0.3) is 0 Å². The van der Waals surface area contributed by atoms with Gasteiger partial charge in [0.1, 0.15) is 0 Å². The van der Waals surface area contributed by atoms with Crippen molar-refractivity contribution in [3.05, 3.63) is 29.8 Å². The van der Waals surface area contributed by atoms with Crippen molar-refractivity contribution in [3.8, 4) is 6.07 Å². The van der Waals surface area contributed by atoms with Gasteiger partial charge in [0.2, 0.25) is 0 Å². The number of benzene rings is 1. The topological polar surface area (TPSA) is 56.1 Å². The van der Waals surface area contributed by atoms with Gasteiger partial charge in [-0.05, 0) is 37.5 Å². The molecule has 1 aromatic rings. The Morgan fingerprint density at radius 2 is 2.29 bits per heavy atom. The maximum Gasteiger partial charge on any atom is 0.321 e. The highest BCUT2D eigenvalue weighted by Gasteiger charge is 2.21. The molecule has 1 aliphatic carbocycles. The van der Waals surface area contributed by atoms with E-state index < -0.39 is 0 Å². The smallest absolute Gasteiger partial charge is 0.321 e. The van der Waals surface area contributed by atoms with Gasteiger partial charge < -0.3 is 5.32 Å². The molecular weight excluding hydrogens is 214 g/mol. The number of urea groups is 1. The van der Waals surface area contributed by atoms with E-state index >= 15 is 0 Å². The SMILES string of the molecule is CN(C(=O)NC1CCC1)c1cccc(C#N)c1. The molecule has 0 radical (unpaired) electrons. The molecule has 4 nitrogen and oxygen atoms in total. The van der Waals surface area contributed by atoms with E-state index in [1.807, 2.05) is 6.07 Å². The van der Waals surface area contributed by atoms with Crippen LogP contribution < -0.4 is 10.2 Å². The van der Waals surface area contributed by atoms with Gasteiger partial charge in [-0.2, -0.15) is 5.26 Å². The number of nitrogens with zero attached hydrogens (tertiary/aromatic N) is 2. The van der Waals surface area contributed by atoms with Crippen LogP contribution in [-0.2, 0) is 0 Å². The highest BCUT2D eigenvalue weighted by atomic mass is 16.2. The van der Waals surface area contributed by atoms with Gasteiger partial charge in [0, 0.05) is 18.8 Å². The van der Waals surface area contributed by atoms with Gasteiger partial charge in [0.15, 0.2) is 0 Å². The van der Waals surface area contributed by atoms with E-state index in [2.05, 4.69) is 11.4 Å². The molecule has 0 unspecified atom stereocenters. The molecule has 0 saturated heterocycles. The minimum atomic E-state index is -0.107. The van der Waals surface area contributed by atoms with Crippen molar-refractivity contribution < 1.29 is 4.79 Å². The lowest BCUT2D eigenvalue weighted by Crippen LogP contribution is -2.46. The van der Waals surface area contributed by atoms with Crippen LogP contribution in [0.5, 0.6) is 0 Å². The van der Waals surface area contributed by atoms with Crippen molar-refractivity contribution in [2.45, 2.75) is 25.3 Å². The van der Waals surface area contributed by atoms with E-state index in [0.29, 0.717) is 11.6 Å². The molecule has 4 heteroatoms. The zero-order valence-corrected chi connectivity index (χ0v) is 9.81. The van der Waals surface area contributed by atoms with Gasteiger partial charge in [-0.1, -0.05) is 6.07 Å². The molecular formula is C13H15N3O. The monoisotopic (exact) mass is 229 g/mol. The average Bonchev–Trinajstić information content (AvgIpc) is 2.32. The third-order valence-electron chi connectivity index (χ3n) is 3.10. The summed E-state index contributed by atoms with van der Waals surface area (Å²) < 4.78 is 0. The van der Waals surface area contributed by atoms with Crippen LogP contribution in [0.1, 0.15) is 24.8 Å². The Bertz CT molecular complexity index is 460. The van der Waals surface area contributed by atoms with Crippen LogP contribution in [0.3, 0.4) is 0 Å². The van der Waals surface area contributed by atoms with E-state index in [-0.39, 0.29) is 6.03 Å². The summed E-state index contributed by atoms with van der Waals surface area (Å²) in [5.74, 6) is 0. The predicted molar refractivity (Wildman–Crippen MR) is 65.7 cm³/mol. The van der Waals surface area contributed by atoms with Gasteiger partial charge in [-0.3, -0.25) is 4.90 Å². The van der Waals surface area contributed by atoms with Gasteiger partial charge in [-0.25, -0.2) is 4.79 Å². The second kappa shape index (κ2) is 4.88. The number of nitrogens with one attached hydrogen (secondary N) is 1. The van der Waals surface area contributed by atoms with Gasteiger partial charge in [0.05, 0.1) is 11.6 Å². The van der Waals surface area contributed by atoms with Gasteiger partial charge >= 0.3 is 6.03 Å². The Morgan fingerprint density at radius 1 is 1.53 bits per heavy atom. The van der Waals surface area contributed by atoms with Crippen LogP contribution in [0.15, 0.2) is 24.3 Å². The van der Waals surface area contributed by atoms with Crippen LogP contribution >= 0.6 is 0 Å². The Labute approximate surface area is 101 Å². The first-order valence-electron chi connectivity index (χ1n) is 5.75. The largest absolute Gasteiger partial charge is 0.335 e. The van der Waals surface area contributed by atoms with Crippen molar-refractivity contribution in [2.24, 2.45) is 0 Å². The maximum atomic E-state index is 11.9. The third kappa shape index (κ3) is 2.56. The number of nitriles is 1. The second-order valence-electron chi connectivity index (χ2n) is 4.30. The Kier molecular flexibility index (Phi) is 3.29. The summed E-state index contributed by atoms with van der Waals surface area (Å²) in [7, 11) is 1.71. The third-order valence-corrected chi connectivity index (χ3v) is 3.10. The number of anilines is 1. The van der Waals surface area contributed by atoms with Crippen LogP contribution in [0, 0.1) is 11.3 Å². The first-order chi connectivity index (χ1) is 8.20. The van der Waals surface area contributed by atoms with E-state index in [1.54, 1.807) is 30.1 Å². The summed E-state index contributed by atoms with van der Waals surface area (Å²) in [6.45, 7) is 0. The number of hydrogen-bond acceptors (Lipinski definition) is 2. The van der Waals surface area contributed by atoms with Crippen LogP contribution in [-0.4, -0.2) is 19.1 Å². The lowest BCUT2D eigenvalue weighted by atomic mass is 9.93. The summed E-state index contributed by atoms with van der Waals surface area (Å²) in [5.41, 5.74) is 1.30. The lowest BCUT2D eigenvalue weighted by molar-refractivity contribution is 0.235. The molecule has 0 atom stereocenters. The molecule has 1 fully saturated rings. The highest BCUT2D eigenvalue weighted by molar-refractivity contribution is 5.91. The quantitative estimate of drug-likeness (QED) is 0.845. The van der Waals surface area contributed by atoms with E-state index in [1.165, 1.54) is 6.42 Å². The second-order valence-corrected chi connectivity index (χ2v) is 4.30. The summed E-state index contributed by atoms with van der Waals surface area (Å²) in [6.07, 6.45) is 3.33. The molecule has 2 amide bonds. The number of amides is 2. The molecule has 1 N–H and O–H groups in total. The first kappa shape index (κ1) is 11.5. The van der Waals surface area contributed by atoms with Crippen molar-refractivity contribution in [2.75, 3.05) is 11.9 Å². The van der Waals surface area contributed by atoms with E-state index in [9.17, 15) is 4.79 Å². The number of hydrogen-bond donors (Lipinski definition) is 1. The minimum absolute atomic E-state index is 0.107. The van der Waals surface area contributed by atoms with Crippen molar-refractivity contribution in [1.82, 2.24) is 5.32 Å². The standard InChI is InChI=1S/C13H15N3O/c1-16(13(17)15-11-5-3-6-11)12-7-2-4-10(8-12)9-14/h2,4,7-8,11H,3,5-6H2,1H3,(H,15,17). The maximum absolute atomic E-state index is 11.9. The Morgan fingerprint density at radius 3 is 2.88 bits per heavy atom. The summed E-state index contributed by atoms with van der Waals surface area (Å²) in [6, 6.07) is 9.31. The molecule has 88 valence electrons. The zero-order chi connectivity index (χ0) is 12.3. The zero-order valence-electron chi connectivity index (χ0n) is 9.81. The number of carbonyl (C=O) groups is 1. The Balaban J connectivity index is 2.04. The fraction of sp³-hybridized carbons (Fsp3) is 0.385. The van der Waals surface area contributed by atoms with Crippen LogP contribution in [0.25, 0.3) is 0 Å². The molecule has 17 heavy (non-hydrogen) atoms. The van der Waals surface area contributed by atoms with Crippen LogP contribution in [0.4, 0.5) is 10.5 Å². The van der Waals surface area contributed by atoms with Crippen molar-refractivity contribution in [1.29, 1.82) is 5.26 Å². The number of carbonyl (C=O) groups excluding carboxylic acids is 1. The summed E-state index contributed by atoms with van der Waals surface area (Å²) >= 11 is 0. The lowest BCUT2D eigenvalue weighted by Gasteiger charge is -2.29. The van der Waals surface area contributed by atoms with E-state index in [0.717, 1.165) is 18.5 Å². The van der Waals surface area contributed by atoms with E-state index in [4.69, 9.17) is 5.26 Å². The summed E-state index contributed by atoms with van der Waals surface area (Å²) in [4.78, 5) is 13.4. The molecule has 1 saturated carbocycles. The Hall–Kier alpha value is -2.02. The first-order valence-corrected chi connectivity index (χ1v) is 5.75. The molecule has 1 aliphatic rings. The normalized spacial score (nSPS) is 14.6. The molecule has 2 rings (SSSR count). The summed E-state index contributed by atoms with van der Waals surface area (Å²) in [5, 5.41) is 11.8. The van der Waals surface area contributed by atoms with Crippen LogP contribution in [0.2, 0.25) is 0 Å². The van der Waals surface area contributed by atoms with Crippen molar-refractivity contribution >= 4 is 11.7 Å². The fourth-order valence-corrected chi connectivity index (χ4v) is 1.73.